The molecule has 0 aliphatic carbocycles. The zero-order valence-corrected chi connectivity index (χ0v) is 8.47. The number of ether oxygens (including phenoxy) is 1. The Labute approximate surface area is 78.4 Å². The Morgan fingerprint density at radius 2 is 2.15 bits per heavy atom. The average molecular weight is 191 g/mol. The third-order valence-corrected chi connectivity index (χ3v) is 1.64. The van der Waals surface area contributed by atoms with Crippen molar-refractivity contribution in [2.45, 2.75) is 32.9 Å². The minimum atomic E-state index is -1.38. The van der Waals surface area contributed by atoms with Crippen LogP contribution in [0.2, 0.25) is 0 Å². The summed E-state index contributed by atoms with van der Waals surface area (Å²) in [4.78, 5) is 11.2. The number of nitrogens with two attached hydrogens (primary N) is 1. The summed E-state index contributed by atoms with van der Waals surface area (Å²) in [5.74, 6) is -0.935. The summed E-state index contributed by atoms with van der Waals surface area (Å²) in [6, 6.07) is 0. The van der Waals surface area contributed by atoms with Gasteiger partial charge in [-0.1, -0.05) is 0 Å². The predicted molar refractivity (Wildman–Crippen MR) is 49.0 cm³/mol. The van der Waals surface area contributed by atoms with Crippen LogP contribution >= 0.6 is 0 Å². The molecule has 1 atom stereocenters. The predicted octanol–water partition coefficient (Wildman–Crippen LogP) is 1.26. The van der Waals surface area contributed by atoms with E-state index in [-0.39, 0.29) is 13.0 Å². The molecule has 0 fully saturated rings. The fourth-order valence-corrected chi connectivity index (χ4v) is 1.11. The van der Waals surface area contributed by atoms with Crippen LogP contribution in [0.15, 0.2) is 0 Å². The highest BCUT2D eigenvalue weighted by Crippen LogP contribution is 2.20. The maximum atomic E-state index is 13.2. The van der Waals surface area contributed by atoms with Gasteiger partial charge in [-0.3, -0.25) is 4.79 Å². The lowest BCUT2D eigenvalue weighted by Gasteiger charge is -2.20. The topological polar surface area (TPSA) is 52.3 Å². The molecule has 2 N–H and O–H groups in total. The molecule has 78 valence electrons. The van der Waals surface area contributed by atoms with Crippen molar-refractivity contribution in [3.8, 4) is 0 Å². The Balaban J connectivity index is 4.10. The van der Waals surface area contributed by atoms with Crippen LogP contribution in [0, 0.1) is 5.92 Å². The number of carbonyl (C=O) groups is 1. The van der Waals surface area contributed by atoms with Crippen LogP contribution in [0.3, 0.4) is 0 Å². The van der Waals surface area contributed by atoms with Crippen LogP contribution in [0.25, 0.3) is 0 Å². The van der Waals surface area contributed by atoms with E-state index in [2.05, 4.69) is 0 Å². The van der Waals surface area contributed by atoms with Gasteiger partial charge >= 0.3 is 5.97 Å². The second-order valence-electron chi connectivity index (χ2n) is 3.61. The maximum Gasteiger partial charge on any atom is 0.310 e. The molecule has 0 aliphatic rings. The largest absolute Gasteiger partial charge is 0.466 e. The molecule has 0 saturated heterocycles. The summed E-state index contributed by atoms with van der Waals surface area (Å²) < 4.78 is 17.9. The first-order chi connectivity index (χ1) is 5.90. The van der Waals surface area contributed by atoms with Gasteiger partial charge in [0.05, 0.1) is 12.5 Å². The number of halogens is 1. The fraction of sp³-hybridized carbons (Fsp3) is 0.889. The van der Waals surface area contributed by atoms with E-state index in [4.69, 9.17) is 10.5 Å². The molecule has 0 aromatic carbocycles. The number of carbonyl (C=O) groups excluding carboxylic acids is 1. The van der Waals surface area contributed by atoms with Gasteiger partial charge in [0.25, 0.3) is 0 Å². The molecule has 0 bridgehead atoms. The summed E-state index contributed by atoms with van der Waals surface area (Å²) in [6.07, 6.45) is 0.113. The van der Waals surface area contributed by atoms with E-state index < -0.39 is 17.6 Å². The highest BCUT2D eigenvalue weighted by molar-refractivity contribution is 5.72. The molecular weight excluding hydrogens is 173 g/mol. The highest BCUT2D eigenvalue weighted by atomic mass is 19.1. The molecule has 0 spiro atoms. The van der Waals surface area contributed by atoms with E-state index in [0.29, 0.717) is 6.61 Å². The first-order valence-corrected chi connectivity index (χ1v) is 4.46. The molecular formula is C9H18FNO2. The van der Waals surface area contributed by atoms with Crippen molar-refractivity contribution in [1.82, 2.24) is 0 Å². The Morgan fingerprint density at radius 3 is 2.46 bits per heavy atom. The van der Waals surface area contributed by atoms with E-state index in [1.165, 1.54) is 13.8 Å². The van der Waals surface area contributed by atoms with Crippen molar-refractivity contribution >= 4 is 5.97 Å². The molecule has 0 aromatic heterocycles. The van der Waals surface area contributed by atoms with Crippen molar-refractivity contribution in [3.63, 3.8) is 0 Å². The fourth-order valence-electron chi connectivity index (χ4n) is 1.11. The lowest BCUT2D eigenvalue weighted by Crippen LogP contribution is -2.31. The van der Waals surface area contributed by atoms with Crippen molar-refractivity contribution in [3.05, 3.63) is 0 Å². The van der Waals surface area contributed by atoms with Gasteiger partial charge in [-0.05, 0) is 27.2 Å². The van der Waals surface area contributed by atoms with E-state index in [0.717, 1.165) is 0 Å². The Kier molecular flexibility index (Phi) is 4.91. The zero-order valence-electron chi connectivity index (χ0n) is 8.47. The van der Waals surface area contributed by atoms with E-state index >= 15 is 0 Å². The Hall–Kier alpha value is -0.640. The normalized spacial score (nSPS) is 13.9. The van der Waals surface area contributed by atoms with Gasteiger partial charge < -0.3 is 10.5 Å². The summed E-state index contributed by atoms with van der Waals surface area (Å²) in [5.41, 5.74) is 3.97. The van der Waals surface area contributed by atoms with E-state index in [9.17, 15) is 9.18 Å². The quantitative estimate of drug-likeness (QED) is 0.666. The van der Waals surface area contributed by atoms with Gasteiger partial charge in [-0.2, -0.15) is 0 Å². The number of hydrogen-bond donors (Lipinski definition) is 1. The van der Waals surface area contributed by atoms with Gasteiger partial charge in [0, 0.05) is 6.54 Å². The summed E-state index contributed by atoms with van der Waals surface area (Å²) >= 11 is 0. The van der Waals surface area contributed by atoms with Crippen LogP contribution in [0.5, 0.6) is 0 Å². The van der Waals surface area contributed by atoms with Gasteiger partial charge in [-0.25, -0.2) is 4.39 Å². The van der Waals surface area contributed by atoms with Gasteiger partial charge in [0.2, 0.25) is 0 Å². The van der Waals surface area contributed by atoms with E-state index in [1.54, 1.807) is 6.92 Å². The summed E-state index contributed by atoms with van der Waals surface area (Å²) in [6.45, 7) is 5.00. The highest BCUT2D eigenvalue weighted by Gasteiger charge is 2.27. The van der Waals surface area contributed by atoms with Gasteiger partial charge in [0.15, 0.2) is 0 Å². The number of alkyl halides is 1. The lowest BCUT2D eigenvalue weighted by atomic mass is 9.95. The SMILES string of the molecule is CCOC(=O)[C@@H](CN)CC(C)(C)F. The molecule has 0 saturated carbocycles. The Morgan fingerprint density at radius 1 is 1.62 bits per heavy atom. The molecule has 0 heterocycles. The molecule has 4 heteroatoms. The Bertz CT molecular complexity index is 165. The first-order valence-electron chi connectivity index (χ1n) is 4.46. The monoisotopic (exact) mass is 191 g/mol. The minimum absolute atomic E-state index is 0.113. The van der Waals surface area contributed by atoms with Crippen molar-refractivity contribution in [1.29, 1.82) is 0 Å². The second-order valence-corrected chi connectivity index (χ2v) is 3.61. The zero-order chi connectivity index (χ0) is 10.5. The smallest absolute Gasteiger partial charge is 0.310 e. The van der Waals surface area contributed by atoms with Crippen LogP contribution in [-0.2, 0) is 9.53 Å². The van der Waals surface area contributed by atoms with Crippen molar-refractivity contribution in [2.24, 2.45) is 11.7 Å². The van der Waals surface area contributed by atoms with Crippen LogP contribution < -0.4 is 5.73 Å². The molecule has 0 amide bonds. The third kappa shape index (κ3) is 5.58. The van der Waals surface area contributed by atoms with Crippen LogP contribution in [0.1, 0.15) is 27.2 Å². The molecule has 0 aliphatic heterocycles. The molecule has 13 heavy (non-hydrogen) atoms. The van der Waals surface area contributed by atoms with Gasteiger partial charge in [0.1, 0.15) is 5.67 Å². The molecule has 0 radical (unpaired) electrons. The molecule has 0 rings (SSSR count). The lowest BCUT2D eigenvalue weighted by molar-refractivity contribution is -0.148. The molecule has 0 aromatic rings. The number of rotatable bonds is 5. The second kappa shape index (κ2) is 5.17. The van der Waals surface area contributed by atoms with Crippen LogP contribution in [-0.4, -0.2) is 24.8 Å². The molecule has 3 nitrogen and oxygen atoms in total. The van der Waals surface area contributed by atoms with Crippen LogP contribution in [0.4, 0.5) is 4.39 Å². The maximum absolute atomic E-state index is 13.2. The van der Waals surface area contributed by atoms with Gasteiger partial charge in [-0.15, -0.1) is 0 Å². The minimum Gasteiger partial charge on any atom is -0.466 e. The standard InChI is InChI=1S/C9H18FNO2/c1-4-13-8(12)7(6-11)5-9(2,3)10/h7H,4-6,11H2,1-3H3/t7-/m1/s1. The molecule has 0 unspecified atom stereocenters. The summed E-state index contributed by atoms with van der Waals surface area (Å²) in [5, 5.41) is 0. The number of esters is 1. The van der Waals surface area contributed by atoms with E-state index in [1.807, 2.05) is 0 Å². The van der Waals surface area contributed by atoms with Crippen molar-refractivity contribution < 1.29 is 13.9 Å². The van der Waals surface area contributed by atoms with Crippen molar-refractivity contribution in [2.75, 3.05) is 13.2 Å². The number of hydrogen-bond acceptors (Lipinski definition) is 3. The third-order valence-electron chi connectivity index (χ3n) is 1.64. The average Bonchev–Trinajstić information content (AvgIpc) is 1.99. The summed E-state index contributed by atoms with van der Waals surface area (Å²) in [7, 11) is 0. The first kappa shape index (κ1) is 12.4.